The number of nitro groups is 1. The third-order valence-electron chi connectivity index (χ3n) is 5.42. The molecule has 0 heterocycles. The summed E-state index contributed by atoms with van der Waals surface area (Å²) in [7, 11) is 0. The van der Waals surface area contributed by atoms with Crippen molar-refractivity contribution in [1.29, 1.82) is 0 Å². The summed E-state index contributed by atoms with van der Waals surface area (Å²) in [5.74, 6) is -0.233. The number of hydrogen-bond donors (Lipinski definition) is 1. The van der Waals surface area contributed by atoms with E-state index < -0.39 is 4.92 Å². The second kappa shape index (κ2) is 9.39. The van der Waals surface area contributed by atoms with E-state index in [0.29, 0.717) is 11.1 Å². The van der Waals surface area contributed by atoms with E-state index in [9.17, 15) is 14.9 Å². The molecule has 0 saturated heterocycles. The Morgan fingerprint density at radius 1 is 0.935 bits per heavy atom. The second-order valence-corrected chi connectivity index (χ2v) is 7.76. The van der Waals surface area contributed by atoms with E-state index in [2.05, 4.69) is 31.3 Å². The van der Waals surface area contributed by atoms with Crippen LogP contribution in [0.5, 0.6) is 0 Å². The summed E-state index contributed by atoms with van der Waals surface area (Å²) < 4.78 is 0. The van der Waals surface area contributed by atoms with Gasteiger partial charge < -0.3 is 5.32 Å². The fourth-order valence-electron chi connectivity index (χ4n) is 3.59. The summed E-state index contributed by atoms with van der Waals surface area (Å²) in [6, 6.07) is 19.6. The van der Waals surface area contributed by atoms with Gasteiger partial charge in [0.25, 0.3) is 11.6 Å². The highest BCUT2D eigenvalue weighted by molar-refractivity contribution is 6.24. The van der Waals surface area contributed by atoms with Crippen LogP contribution in [0.2, 0.25) is 0 Å². The number of carbonyl (C=O) groups is 1. The van der Waals surface area contributed by atoms with Crippen LogP contribution in [-0.2, 0) is 4.79 Å². The average molecular weight is 415 g/mol. The van der Waals surface area contributed by atoms with Gasteiger partial charge in [0.05, 0.1) is 11.0 Å². The minimum Gasteiger partial charge on any atom is -0.345 e. The SMILES string of the molecule is Cc1cc(C)c([C@H](C)NC(=O)/C(=C/c2cccc([N+](=O)[O-])c2)c2ccccc2)cc1C. The zero-order chi connectivity index (χ0) is 22.5. The Bertz CT molecular complexity index is 1150. The molecule has 1 N–H and O–H groups in total. The number of amides is 1. The van der Waals surface area contributed by atoms with Crippen molar-refractivity contribution in [3.05, 3.63) is 110 Å². The molecule has 3 aromatic carbocycles. The number of rotatable bonds is 6. The molecule has 0 spiro atoms. The first kappa shape index (κ1) is 22.0. The largest absolute Gasteiger partial charge is 0.345 e. The highest BCUT2D eigenvalue weighted by atomic mass is 16.6. The number of carbonyl (C=O) groups excluding carboxylic acids is 1. The number of non-ortho nitro benzene ring substituents is 1. The van der Waals surface area contributed by atoms with Gasteiger partial charge in [-0.1, -0.05) is 54.6 Å². The second-order valence-electron chi connectivity index (χ2n) is 7.76. The highest BCUT2D eigenvalue weighted by Gasteiger charge is 2.18. The van der Waals surface area contributed by atoms with Crippen LogP contribution in [0.15, 0.2) is 66.7 Å². The Balaban J connectivity index is 1.97. The van der Waals surface area contributed by atoms with Crippen molar-refractivity contribution >= 4 is 23.2 Å². The lowest BCUT2D eigenvalue weighted by Crippen LogP contribution is -2.28. The minimum atomic E-state index is -0.440. The van der Waals surface area contributed by atoms with E-state index >= 15 is 0 Å². The van der Waals surface area contributed by atoms with Crippen LogP contribution in [0.1, 0.15) is 46.3 Å². The third kappa shape index (κ3) is 5.25. The van der Waals surface area contributed by atoms with Crippen molar-refractivity contribution in [2.45, 2.75) is 33.7 Å². The van der Waals surface area contributed by atoms with Crippen LogP contribution in [-0.4, -0.2) is 10.8 Å². The Morgan fingerprint density at radius 3 is 2.29 bits per heavy atom. The standard InChI is InChI=1S/C26H26N2O3/c1-17-13-19(3)24(14-18(17)2)20(4)27-26(29)25(22-10-6-5-7-11-22)16-21-9-8-12-23(15-21)28(30)31/h5-16,20H,1-4H3,(H,27,29)/b25-16+/t20-/m0/s1. The van der Waals surface area contributed by atoms with Gasteiger partial charge in [-0.25, -0.2) is 0 Å². The zero-order valence-electron chi connectivity index (χ0n) is 18.2. The molecule has 0 unspecified atom stereocenters. The van der Waals surface area contributed by atoms with Gasteiger partial charge in [0.1, 0.15) is 0 Å². The quantitative estimate of drug-likeness (QED) is 0.235. The average Bonchev–Trinajstić information content (AvgIpc) is 2.75. The molecule has 0 aliphatic heterocycles. The smallest absolute Gasteiger partial charge is 0.270 e. The molecule has 3 rings (SSSR count). The molecule has 5 heteroatoms. The molecule has 0 bridgehead atoms. The molecule has 31 heavy (non-hydrogen) atoms. The maximum absolute atomic E-state index is 13.3. The van der Waals surface area contributed by atoms with E-state index in [1.54, 1.807) is 18.2 Å². The van der Waals surface area contributed by atoms with Crippen molar-refractivity contribution in [1.82, 2.24) is 5.32 Å². The first-order chi connectivity index (χ1) is 14.8. The number of aryl methyl sites for hydroxylation is 3. The van der Waals surface area contributed by atoms with E-state index in [1.165, 1.54) is 23.3 Å². The van der Waals surface area contributed by atoms with Crippen molar-refractivity contribution in [2.75, 3.05) is 0 Å². The molecule has 1 atom stereocenters. The summed E-state index contributed by atoms with van der Waals surface area (Å²) in [5.41, 5.74) is 6.37. The van der Waals surface area contributed by atoms with Crippen LogP contribution >= 0.6 is 0 Å². The monoisotopic (exact) mass is 414 g/mol. The molecule has 158 valence electrons. The molecule has 1 amide bonds. The maximum Gasteiger partial charge on any atom is 0.270 e. The summed E-state index contributed by atoms with van der Waals surface area (Å²) in [6.45, 7) is 8.14. The fourth-order valence-corrected chi connectivity index (χ4v) is 3.59. The van der Waals surface area contributed by atoms with E-state index in [1.807, 2.05) is 44.2 Å². The van der Waals surface area contributed by atoms with Gasteiger partial charge in [0.15, 0.2) is 0 Å². The van der Waals surface area contributed by atoms with Crippen LogP contribution in [0.3, 0.4) is 0 Å². The molecular formula is C26H26N2O3. The zero-order valence-corrected chi connectivity index (χ0v) is 18.2. The normalized spacial score (nSPS) is 12.3. The van der Waals surface area contributed by atoms with Crippen molar-refractivity contribution in [3.8, 4) is 0 Å². The van der Waals surface area contributed by atoms with E-state index in [-0.39, 0.29) is 17.6 Å². The van der Waals surface area contributed by atoms with Crippen LogP contribution in [0, 0.1) is 30.9 Å². The lowest BCUT2D eigenvalue weighted by molar-refractivity contribution is -0.384. The number of nitrogens with one attached hydrogen (secondary N) is 1. The molecule has 5 nitrogen and oxygen atoms in total. The Hall–Kier alpha value is -3.73. The van der Waals surface area contributed by atoms with Gasteiger partial charge in [-0.3, -0.25) is 14.9 Å². The Kier molecular flexibility index (Phi) is 6.65. The van der Waals surface area contributed by atoms with Gasteiger partial charge in [-0.2, -0.15) is 0 Å². The summed E-state index contributed by atoms with van der Waals surface area (Å²) in [4.78, 5) is 24.0. The number of hydrogen-bond acceptors (Lipinski definition) is 3. The number of nitro benzene ring substituents is 1. The van der Waals surface area contributed by atoms with Crippen molar-refractivity contribution in [3.63, 3.8) is 0 Å². The summed E-state index contributed by atoms with van der Waals surface area (Å²) >= 11 is 0. The molecule has 0 aromatic heterocycles. The predicted molar refractivity (Wildman–Crippen MR) is 125 cm³/mol. The predicted octanol–water partition coefficient (Wildman–Crippen LogP) is 5.94. The lowest BCUT2D eigenvalue weighted by atomic mass is 9.95. The van der Waals surface area contributed by atoms with Crippen molar-refractivity contribution < 1.29 is 9.72 Å². The minimum absolute atomic E-state index is 0.0132. The topological polar surface area (TPSA) is 72.2 Å². The van der Waals surface area contributed by atoms with Crippen molar-refractivity contribution in [2.24, 2.45) is 0 Å². The first-order valence-electron chi connectivity index (χ1n) is 10.2. The molecule has 3 aromatic rings. The molecule has 0 radical (unpaired) electrons. The van der Waals surface area contributed by atoms with Crippen LogP contribution < -0.4 is 5.32 Å². The third-order valence-corrected chi connectivity index (χ3v) is 5.42. The lowest BCUT2D eigenvalue weighted by Gasteiger charge is -2.19. The van der Waals surface area contributed by atoms with E-state index in [0.717, 1.165) is 16.7 Å². The molecule has 0 aliphatic carbocycles. The molecule has 0 fully saturated rings. The molecule has 0 aliphatic rings. The van der Waals surface area contributed by atoms with Gasteiger partial charge in [-0.05, 0) is 67.2 Å². The Morgan fingerprint density at radius 2 is 1.61 bits per heavy atom. The summed E-state index contributed by atoms with van der Waals surface area (Å²) in [6.07, 6.45) is 1.69. The highest BCUT2D eigenvalue weighted by Crippen LogP contribution is 2.25. The Labute approximate surface area is 182 Å². The van der Waals surface area contributed by atoms with Crippen LogP contribution in [0.25, 0.3) is 11.6 Å². The maximum atomic E-state index is 13.3. The van der Waals surface area contributed by atoms with Gasteiger partial charge >= 0.3 is 0 Å². The number of benzene rings is 3. The fraction of sp³-hybridized carbons (Fsp3) is 0.192. The van der Waals surface area contributed by atoms with Crippen LogP contribution in [0.4, 0.5) is 5.69 Å². The first-order valence-corrected chi connectivity index (χ1v) is 10.2. The molecule has 0 saturated carbocycles. The van der Waals surface area contributed by atoms with Gasteiger partial charge in [0, 0.05) is 17.7 Å². The van der Waals surface area contributed by atoms with Gasteiger partial charge in [0.2, 0.25) is 0 Å². The number of nitrogens with zero attached hydrogens (tertiary/aromatic N) is 1. The summed E-state index contributed by atoms with van der Waals surface area (Å²) in [5, 5.41) is 14.2. The van der Waals surface area contributed by atoms with E-state index in [4.69, 9.17) is 0 Å². The van der Waals surface area contributed by atoms with Gasteiger partial charge in [-0.15, -0.1) is 0 Å². The molecular weight excluding hydrogens is 388 g/mol.